The summed E-state index contributed by atoms with van der Waals surface area (Å²) in [5.41, 5.74) is 0.544. The smallest absolute Gasteiger partial charge is 0.00771 e. The first-order valence-electron chi connectivity index (χ1n) is 6.19. The van der Waals surface area contributed by atoms with E-state index in [0.717, 1.165) is 12.0 Å². The molecule has 0 amide bonds. The lowest BCUT2D eigenvalue weighted by Crippen LogP contribution is -2.43. The highest BCUT2D eigenvalue weighted by Crippen LogP contribution is 2.38. The highest BCUT2D eigenvalue weighted by molar-refractivity contribution is 4.87. The Morgan fingerprint density at radius 3 is 2.50 bits per heavy atom. The molecule has 1 nitrogen and oxygen atoms in total. The lowest BCUT2D eigenvalue weighted by atomic mass is 9.70. The van der Waals surface area contributed by atoms with Crippen LogP contribution in [0.2, 0.25) is 0 Å². The average molecular weight is 197 g/mol. The third kappa shape index (κ3) is 3.61. The summed E-state index contributed by atoms with van der Waals surface area (Å²) in [5, 5.41) is 3.75. The van der Waals surface area contributed by atoms with Gasteiger partial charge >= 0.3 is 0 Å². The number of hydrogen-bond acceptors (Lipinski definition) is 1. The van der Waals surface area contributed by atoms with Gasteiger partial charge in [0, 0.05) is 12.1 Å². The maximum absolute atomic E-state index is 3.75. The summed E-state index contributed by atoms with van der Waals surface area (Å²) in [6.07, 6.45) is 5.35. The Labute approximate surface area is 89.7 Å². The van der Waals surface area contributed by atoms with Crippen molar-refractivity contribution in [1.29, 1.82) is 0 Å². The van der Waals surface area contributed by atoms with Crippen LogP contribution >= 0.6 is 0 Å². The minimum absolute atomic E-state index is 0.544. The van der Waals surface area contributed by atoms with Crippen molar-refractivity contribution in [2.24, 2.45) is 11.3 Å². The van der Waals surface area contributed by atoms with Crippen molar-refractivity contribution in [2.75, 3.05) is 0 Å². The van der Waals surface area contributed by atoms with Crippen LogP contribution in [-0.4, -0.2) is 12.1 Å². The van der Waals surface area contributed by atoms with Gasteiger partial charge in [0.1, 0.15) is 0 Å². The largest absolute Gasteiger partial charge is 0.311 e. The van der Waals surface area contributed by atoms with Crippen molar-refractivity contribution < 1.29 is 0 Å². The van der Waals surface area contributed by atoms with E-state index in [9.17, 15) is 0 Å². The van der Waals surface area contributed by atoms with Gasteiger partial charge < -0.3 is 5.32 Å². The monoisotopic (exact) mass is 197 g/mol. The molecule has 0 aromatic carbocycles. The molecule has 0 aromatic heterocycles. The van der Waals surface area contributed by atoms with Crippen molar-refractivity contribution in [3.63, 3.8) is 0 Å². The van der Waals surface area contributed by atoms with E-state index < -0.39 is 0 Å². The molecular weight excluding hydrogens is 170 g/mol. The Balaban J connectivity index is 2.45. The predicted molar refractivity (Wildman–Crippen MR) is 63.5 cm³/mol. The molecule has 0 heterocycles. The zero-order valence-corrected chi connectivity index (χ0v) is 10.6. The Morgan fingerprint density at radius 2 is 2.00 bits per heavy atom. The SMILES string of the molecule is CC[C@@H](C)N[C@H]1C[C@H](C)CC(C)(C)C1. The number of hydrogen-bond donors (Lipinski definition) is 1. The van der Waals surface area contributed by atoms with Crippen LogP contribution in [0, 0.1) is 11.3 Å². The zero-order chi connectivity index (χ0) is 10.8. The van der Waals surface area contributed by atoms with Gasteiger partial charge in [-0.25, -0.2) is 0 Å². The summed E-state index contributed by atoms with van der Waals surface area (Å²) in [6, 6.07) is 1.43. The van der Waals surface area contributed by atoms with Gasteiger partial charge in [-0.3, -0.25) is 0 Å². The van der Waals surface area contributed by atoms with Crippen LogP contribution in [0.15, 0.2) is 0 Å². The van der Waals surface area contributed by atoms with E-state index in [1.165, 1.54) is 25.7 Å². The number of nitrogens with one attached hydrogen (secondary N) is 1. The van der Waals surface area contributed by atoms with Crippen LogP contribution in [0.3, 0.4) is 0 Å². The van der Waals surface area contributed by atoms with Gasteiger partial charge in [-0.05, 0) is 43.9 Å². The summed E-state index contributed by atoms with van der Waals surface area (Å²) in [5.74, 6) is 0.889. The van der Waals surface area contributed by atoms with Gasteiger partial charge in [-0.2, -0.15) is 0 Å². The molecule has 0 radical (unpaired) electrons. The van der Waals surface area contributed by atoms with Gasteiger partial charge in [-0.1, -0.05) is 27.7 Å². The zero-order valence-electron chi connectivity index (χ0n) is 10.6. The molecular formula is C13H27N. The Hall–Kier alpha value is -0.0400. The first-order chi connectivity index (χ1) is 6.43. The lowest BCUT2D eigenvalue weighted by molar-refractivity contribution is 0.145. The standard InChI is InChI=1S/C13H27N/c1-6-11(3)14-12-7-10(2)8-13(4,5)9-12/h10-12,14H,6-9H2,1-5H3/t10-,11+,12-/m0/s1. The van der Waals surface area contributed by atoms with Crippen LogP contribution in [0.4, 0.5) is 0 Å². The second-order valence-corrected chi connectivity index (χ2v) is 6.09. The van der Waals surface area contributed by atoms with E-state index in [0.29, 0.717) is 11.5 Å². The Bertz CT molecular complexity index is 174. The van der Waals surface area contributed by atoms with E-state index in [2.05, 4.69) is 39.9 Å². The summed E-state index contributed by atoms with van der Waals surface area (Å²) < 4.78 is 0. The number of rotatable bonds is 3. The van der Waals surface area contributed by atoms with E-state index >= 15 is 0 Å². The molecule has 1 N–H and O–H groups in total. The van der Waals surface area contributed by atoms with E-state index in [1.807, 2.05) is 0 Å². The van der Waals surface area contributed by atoms with Gasteiger partial charge in [0.25, 0.3) is 0 Å². The minimum Gasteiger partial charge on any atom is -0.311 e. The van der Waals surface area contributed by atoms with Crippen LogP contribution < -0.4 is 5.32 Å². The molecule has 84 valence electrons. The molecule has 14 heavy (non-hydrogen) atoms. The van der Waals surface area contributed by atoms with Crippen LogP contribution in [-0.2, 0) is 0 Å². The first kappa shape index (κ1) is 12.0. The molecule has 1 heteroatoms. The van der Waals surface area contributed by atoms with E-state index in [4.69, 9.17) is 0 Å². The maximum atomic E-state index is 3.75. The van der Waals surface area contributed by atoms with E-state index in [-0.39, 0.29) is 0 Å². The summed E-state index contributed by atoms with van der Waals surface area (Å²) in [6.45, 7) is 11.8. The van der Waals surface area contributed by atoms with E-state index in [1.54, 1.807) is 0 Å². The molecule has 1 aliphatic carbocycles. The maximum Gasteiger partial charge on any atom is 0.00771 e. The van der Waals surface area contributed by atoms with Gasteiger partial charge in [0.05, 0.1) is 0 Å². The second kappa shape index (κ2) is 4.65. The Kier molecular flexibility index (Phi) is 4.00. The second-order valence-electron chi connectivity index (χ2n) is 6.09. The Morgan fingerprint density at radius 1 is 1.36 bits per heavy atom. The highest BCUT2D eigenvalue weighted by Gasteiger charge is 2.31. The van der Waals surface area contributed by atoms with Crippen molar-refractivity contribution in [3.8, 4) is 0 Å². The summed E-state index contributed by atoms with van der Waals surface area (Å²) in [4.78, 5) is 0. The fourth-order valence-electron chi connectivity index (χ4n) is 2.99. The molecule has 3 atom stereocenters. The van der Waals surface area contributed by atoms with Crippen molar-refractivity contribution in [2.45, 2.75) is 72.4 Å². The summed E-state index contributed by atoms with van der Waals surface area (Å²) >= 11 is 0. The normalized spacial score (nSPS) is 34.1. The average Bonchev–Trinajstić information content (AvgIpc) is 1.99. The summed E-state index contributed by atoms with van der Waals surface area (Å²) in [7, 11) is 0. The molecule has 1 saturated carbocycles. The first-order valence-corrected chi connectivity index (χ1v) is 6.19. The van der Waals surface area contributed by atoms with Crippen LogP contribution in [0.1, 0.15) is 60.3 Å². The van der Waals surface area contributed by atoms with Crippen molar-refractivity contribution >= 4 is 0 Å². The lowest BCUT2D eigenvalue weighted by Gasteiger charge is -2.40. The molecule has 1 fully saturated rings. The molecule has 1 aliphatic rings. The molecule has 0 saturated heterocycles. The van der Waals surface area contributed by atoms with Crippen LogP contribution in [0.25, 0.3) is 0 Å². The molecule has 0 unspecified atom stereocenters. The molecule has 0 aromatic rings. The molecule has 1 rings (SSSR count). The highest BCUT2D eigenvalue weighted by atomic mass is 14.9. The third-order valence-electron chi connectivity index (χ3n) is 3.52. The van der Waals surface area contributed by atoms with Crippen molar-refractivity contribution in [1.82, 2.24) is 5.32 Å². The minimum atomic E-state index is 0.544. The van der Waals surface area contributed by atoms with Crippen molar-refractivity contribution in [3.05, 3.63) is 0 Å². The van der Waals surface area contributed by atoms with Crippen LogP contribution in [0.5, 0.6) is 0 Å². The van der Waals surface area contributed by atoms with Gasteiger partial charge in [0.15, 0.2) is 0 Å². The quantitative estimate of drug-likeness (QED) is 0.729. The molecule has 0 spiro atoms. The van der Waals surface area contributed by atoms with Gasteiger partial charge in [0.2, 0.25) is 0 Å². The predicted octanol–water partition coefficient (Wildman–Crippen LogP) is 3.59. The van der Waals surface area contributed by atoms with Gasteiger partial charge in [-0.15, -0.1) is 0 Å². The fourth-order valence-corrected chi connectivity index (χ4v) is 2.99. The molecule has 0 bridgehead atoms. The third-order valence-corrected chi connectivity index (χ3v) is 3.52. The topological polar surface area (TPSA) is 12.0 Å². The molecule has 0 aliphatic heterocycles. The fraction of sp³-hybridized carbons (Fsp3) is 1.00.